The molecule has 0 fully saturated rings. The number of hydrogen-bond acceptors (Lipinski definition) is 5. The van der Waals surface area contributed by atoms with Crippen LogP contribution >= 0.6 is 15.9 Å². The Labute approximate surface area is 153 Å². The Morgan fingerprint density at radius 2 is 1.64 bits per heavy atom. The van der Waals surface area contributed by atoms with Gasteiger partial charge in [0.15, 0.2) is 6.61 Å². The van der Waals surface area contributed by atoms with E-state index in [0.717, 1.165) is 4.47 Å². The highest BCUT2D eigenvalue weighted by atomic mass is 79.9. The molecular weight excluding hydrogens is 392 g/mol. The number of hydrazine groups is 1. The van der Waals surface area contributed by atoms with Gasteiger partial charge in [0.05, 0.1) is 14.2 Å². The molecule has 7 nitrogen and oxygen atoms in total. The second-order valence-electron chi connectivity index (χ2n) is 4.85. The normalized spacial score (nSPS) is 9.88. The predicted molar refractivity (Wildman–Crippen MR) is 94.8 cm³/mol. The highest BCUT2D eigenvalue weighted by Gasteiger charge is 2.11. The van der Waals surface area contributed by atoms with Gasteiger partial charge in [-0.2, -0.15) is 0 Å². The van der Waals surface area contributed by atoms with Gasteiger partial charge in [0.2, 0.25) is 0 Å². The van der Waals surface area contributed by atoms with E-state index in [1.807, 2.05) is 6.07 Å². The van der Waals surface area contributed by atoms with Gasteiger partial charge in [-0.05, 0) is 30.3 Å². The van der Waals surface area contributed by atoms with Crippen molar-refractivity contribution in [1.82, 2.24) is 10.9 Å². The predicted octanol–water partition coefficient (Wildman–Crippen LogP) is 2.31. The van der Waals surface area contributed by atoms with Crippen molar-refractivity contribution >= 4 is 27.7 Å². The number of rotatable bonds is 6. The third-order valence-corrected chi connectivity index (χ3v) is 3.59. The third-order valence-electron chi connectivity index (χ3n) is 3.10. The SMILES string of the molecule is COc1cc(OC)cc(C(=O)NNC(=O)COc2cccc(Br)c2)c1. The van der Waals surface area contributed by atoms with Gasteiger partial charge in [-0.1, -0.05) is 22.0 Å². The number of benzene rings is 2. The minimum atomic E-state index is -0.506. The topological polar surface area (TPSA) is 85.9 Å². The van der Waals surface area contributed by atoms with Crippen LogP contribution in [-0.4, -0.2) is 32.6 Å². The maximum Gasteiger partial charge on any atom is 0.276 e. The zero-order valence-electron chi connectivity index (χ0n) is 13.7. The molecule has 8 heteroatoms. The molecule has 25 heavy (non-hydrogen) atoms. The van der Waals surface area contributed by atoms with Gasteiger partial charge in [-0.25, -0.2) is 0 Å². The van der Waals surface area contributed by atoms with Crippen LogP contribution in [0.3, 0.4) is 0 Å². The first-order valence-corrected chi connectivity index (χ1v) is 8.01. The molecule has 0 bridgehead atoms. The number of carbonyl (C=O) groups is 2. The summed E-state index contributed by atoms with van der Waals surface area (Å²) in [5.41, 5.74) is 4.88. The van der Waals surface area contributed by atoms with Crippen LogP contribution in [0.2, 0.25) is 0 Å². The first-order valence-electron chi connectivity index (χ1n) is 7.22. The van der Waals surface area contributed by atoms with Gasteiger partial charge in [0.25, 0.3) is 11.8 Å². The second kappa shape index (κ2) is 8.93. The standard InChI is InChI=1S/C17H17BrN2O5/c1-23-14-6-11(7-15(9-14)24-2)17(22)20-19-16(21)10-25-13-5-3-4-12(18)8-13/h3-9H,10H2,1-2H3,(H,19,21)(H,20,22). The first-order chi connectivity index (χ1) is 12.0. The van der Waals surface area contributed by atoms with Crippen molar-refractivity contribution in [3.63, 3.8) is 0 Å². The molecule has 132 valence electrons. The fourth-order valence-electron chi connectivity index (χ4n) is 1.88. The van der Waals surface area contributed by atoms with Crippen LogP contribution in [0.25, 0.3) is 0 Å². The molecule has 0 unspecified atom stereocenters. The van der Waals surface area contributed by atoms with Crippen LogP contribution < -0.4 is 25.1 Å². The lowest BCUT2D eigenvalue weighted by Crippen LogP contribution is -2.43. The number of amides is 2. The van der Waals surface area contributed by atoms with Gasteiger partial charge >= 0.3 is 0 Å². The van der Waals surface area contributed by atoms with E-state index in [4.69, 9.17) is 14.2 Å². The number of nitrogens with one attached hydrogen (secondary N) is 2. The van der Waals surface area contributed by atoms with E-state index < -0.39 is 11.8 Å². The number of hydrogen-bond donors (Lipinski definition) is 2. The molecule has 0 saturated carbocycles. The second-order valence-corrected chi connectivity index (χ2v) is 5.77. The van der Waals surface area contributed by atoms with Crippen molar-refractivity contribution in [3.8, 4) is 17.2 Å². The van der Waals surface area contributed by atoms with E-state index in [1.54, 1.807) is 24.3 Å². The number of ether oxygens (including phenoxy) is 3. The van der Waals surface area contributed by atoms with Crippen LogP contribution in [0.15, 0.2) is 46.9 Å². The molecule has 2 aromatic rings. The van der Waals surface area contributed by atoms with Crippen LogP contribution in [-0.2, 0) is 4.79 Å². The summed E-state index contributed by atoms with van der Waals surface area (Å²) < 4.78 is 16.4. The van der Waals surface area contributed by atoms with Gasteiger partial charge in [-0.3, -0.25) is 20.4 Å². The number of methoxy groups -OCH3 is 2. The Kier molecular flexibility index (Phi) is 6.64. The molecule has 2 amide bonds. The largest absolute Gasteiger partial charge is 0.497 e. The highest BCUT2D eigenvalue weighted by molar-refractivity contribution is 9.10. The van der Waals surface area contributed by atoms with E-state index in [9.17, 15) is 9.59 Å². The lowest BCUT2D eigenvalue weighted by atomic mass is 10.2. The lowest BCUT2D eigenvalue weighted by Gasteiger charge is -2.11. The van der Waals surface area contributed by atoms with Crippen molar-refractivity contribution in [3.05, 3.63) is 52.5 Å². The minimum absolute atomic E-state index is 0.238. The van der Waals surface area contributed by atoms with Crippen molar-refractivity contribution in [2.45, 2.75) is 0 Å². The monoisotopic (exact) mass is 408 g/mol. The average Bonchev–Trinajstić information content (AvgIpc) is 2.63. The molecule has 0 radical (unpaired) electrons. The Morgan fingerprint density at radius 3 is 2.24 bits per heavy atom. The summed E-state index contributed by atoms with van der Waals surface area (Å²) in [6.07, 6.45) is 0. The van der Waals surface area contributed by atoms with Gasteiger partial charge in [0, 0.05) is 16.1 Å². The van der Waals surface area contributed by atoms with Crippen molar-refractivity contribution in [2.75, 3.05) is 20.8 Å². The summed E-state index contributed by atoms with van der Waals surface area (Å²) >= 11 is 3.31. The summed E-state index contributed by atoms with van der Waals surface area (Å²) in [6.45, 7) is -0.238. The van der Waals surface area contributed by atoms with Crippen molar-refractivity contribution in [2.24, 2.45) is 0 Å². The lowest BCUT2D eigenvalue weighted by molar-refractivity contribution is -0.123. The highest BCUT2D eigenvalue weighted by Crippen LogP contribution is 2.22. The van der Waals surface area contributed by atoms with E-state index in [1.165, 1.54) is 26.4 Å². The average molecular weight is 409 g/mol. The zero-order chi connectivity index (χ0) is 18.2. The molecule has 0 aliphatic rings. The zero-order valence-corrected chi connectivity index (χ0v) is 15.3. The Hall–Kier alpha value is -2.74. The van der Waals surface area contributed by atoms with Crippen LogP contribution in [0.1, 0.15) is 10.4 Å². The molecule has 0 atom stereocenters. The summed E-state index contributed by atoms with van der Waals surface area (Å²) in [7, 11) is 2.97. The molecule has 0 aromatic heterocycles. The summed E-state index contributed by atoms with van der Waals surface area (Å²) in [5.74, 6) is 0.465. The Bertz CT molecular complexity index is 744. The summed E-state index contributed by atoms with van der Waals surface area (Å²) in [6, 6.07) is 11.8. The van der Waals surface area contributed by atoms with Crippen LogP contribution in [0.5, 0.6) is 17.2 Å². The van der Waals surface area contributed by atoms with Gasteiger partial charge < -0.3 is 14.2 Å². The molecule has 0 aliphatic heterocycles. The first kappa shape index (κ1) is 18.6. The maximum absolute atomic E-state index is 12.1. The summed E-state index contributed by atoms with van der Waals surface area (Å²) in [4.78, 5) is 23.9. The fourth-order valence-corrected chi connectivity index (χ4v) is 2.26. The molecule has 2 rings (SSSR count). The smallest absolute Gasteiger partial charge is 0.276 e. The van der Waals surface area contributed by atoms with Gasteiger partial charge in [-0.15, -0.1) is 0 Å². The van der Waals surface area contributed by atoms with Crippen LogP contribution in [0, 0.1) is 0 Å². The molecule has 0 aliphatic carbocycles. The molecule has 0 spiro atoms. The fraction of sp³-hybridized carbons (Fsp3) is 0.176. The molecule has 2 aromatic carbocycles. The third kappa shape index (κ3) is 5.68. The molecule has 0 saturated heterocycles. The Morgan fingerprint density at radius 1 is 0.960 bits per heavy atom. The Balaban J connectivity index is 1.87. The van der Waals surface area contributed by atoms with E-state index >= 15 is 0 Å². The minimum Gasteiger partial charge on any atom is -0.497 e. The van der Waals surface area contributed by atoms with Crippen LogP contribution in [0.4, 0.5) is 0 Å². The van der Waals surface area contributed by atoms with E-state index in [-0.39, 0.29) is 12.2 Å². The van der Waals surface area contributed by atoms with E-state index in [2.05, 4.69) is 26.8 Å². The number of carbonyl (C=O) groups excluding carboxylic acids is 2. The van der Waals surface area contributed by atoms with Crippen molar-refractivity contribution in [1.29, 1.82) is 0 Å². The van der Waals surface area contributed by atoms with Crippen molar-refractivity contribution < 1.29 is 23.8 Å². The quantitative estimate of drug-likeness (QED) is 0.716. The molecule has 2 N–H and O–H groups in total. The maximum atomic E-state index is 12.1. The molecular formula is C17H17BrN2O5. The van der Waals surface area contributed by atoms with E-state index in [0.29, 0.717) is 17.2 Å². The van der Waals surface area contributed by atoms with Gasteiger partial charge in [0.1, 0.15) is 17.2 Å². The summed E-state index contributed by atoms with van der Waals surface area (Å²) in [5, 5.41) is 0. The number of halogens is 1. The molecule has 0 heterocycles.